The van der Waals surface area contributed by atoms with Crippen molar-refractivity contribution in [2.75, 3.05) is 6.26 Å². The zero-order chi connectivity index (χ0) is 14.9. The number of rotatable bonds is 4. The zero-order valence-electron chi connectivity index (χ0n) is 12.2. The molecule has 114 valence electrons. The summed E-state index contributed by atoms with van der Waals surface area (Å²) in [5, 5.41) is 4.22. The minimum atomic E-state index is -3.21. The lowest BCUT2D eigenvalue weighted by atomic mass is 9.83. The predicted octanol–water partition coefficient (Wildman–Crippen LogP) is -0.231. The van der Waals surface area contributed by atoms with Gasteiger partial charge in [0, 0.05) is 26.6 Å². The first-order chi connectivity index (χ1) is 9.28. The van der Waals surface area contributed by atoms with Gasteiger partial charge in [-0.25, -0.2) is 22.6 Å². The third-order valence-electron chi connectivity index (χ3n) is 3.94. The summed E-state index contributed by atoms with van der Waals surface area (Å²) in [4.78, 5) is 11.7. The van der Waals surface area contributed by atoms with Gasteiger partial charge in [0.15, 0.2) is 0 Å². The maximum Gasteiger partial charge on any atom is 0.345 e. The maximum absolute atomic E-state index is 11.7. The minimum absolute atomic E-state index is 0.0594. The number of sulfonamides is 1. The van der Waals surface area contributed by atoms with E-state index in [0.29, 0.717) is 12.2 Å². The first kappa shape index (κ1) is 15.2. The molecule has 1 saturated carbocycles. The molecule has 0 amide bonds. The Labute approximate surface area is 119 Å². The van der Waals surface area contributed by atoms with E-state index in [-0.39, 0.29) is 17.6 Å². The molecular formula is C12H22N4O3S. The second kappa shape index (κ2) is 5.69. The zero-order valence-corrected chi connectivity index (χ0v) is 13.0. The van der Waals surface area contributed by atoms with E-state index in [2.05, 4.69) is 9.82 Å². The van der Waals surface area contributed by atoms with Gasteiger partial charge in [-0.15, -0.1) is 0 Å². The van der Waals surface area contributed by atoms with Crippen molar-refractivity contribution >= 4 is 10.0 Å². The molecule has 0 unspecified atom stereocenters. The fourth-order valence-corrected chi connectivity index (χ4v) is 3.77. The molecule has 1 N–H and O–H groups in total. The highest BCUT2D eigenvalue weighted by Gasteiger charge is 2.29. The van der Waals surface area contributed by atoms with E-state index >= 15 is 0 Å². The number of aryl methyl sites for hydroxylation is 1. The van der Waals surface area contributed by atoms with Crippen LogP contribution in [-0.4, -0.2) is 35.1 Å². The van der Waals surface area contributed by atoms with Gasteiger partial charge in [-0.1, -0.05) is 12.8 Å². The summed E-state index contributed by atoms with van der Waals surface area (Å²) in [5.41, 5.74) is -0.150. The minimum Gasteiger partial charge on any atom is -0.282 e. The highest BCUT2D eigenvalue weighted by Crippen LogP contribution is 2.27. The standard InChI is InChI=1S/C12H22N4O3S/c1-15-11(13-16(2)12(15)17)8-9-6-4-5-7-10(9)14-20(3,18)19/h9-10,14H,4-8H2,1-3H3/t9-,10-/m1/s1. The van der Waals surface area contributed by atoms with Crippen LogP contribution in [0.5, 0.6) is 0 Å². The van der Waals surface area contributed by atoms with Crippen LogP contribution in [0.4, 0.5) is 0 Å². The van der Waals surface area contributed by atoms with E-state index in [1.807, 2.05) is 0 Å². The molecule has 2 rings (SSSR count). The second-order valence-electron chi connectivity index (χ2n) is 5.63. The Kier molecular flexibility index (Phi) is 4.33. The van der Waals surface area contributed by atoms with Crippen LogP contribution < -0.4 is 10.4 Å². The molecule has 0 spiro atoms. The number of nitrogens with zero attached hydrogens (tertiary/aromatic N) is 3. The third kappa shape index (κ3) is 3.49. The first-order valence-corrected chi connectivity index (χ1v) is 8.73. The van der Waals surface area contributed by atoms with Crippen LogP contribution >= 0.6 is 0 Å². The Balaban J connectivity index is 2.16. The van der Waals surface area contributed by atoms with Gasteiger partial charge in [-0.05, 0) is 18.8 Å². The molecular weight excluding hydrogens is 280 g/mol. The average molecular weight is 302 g/mol. The van der Waals surface area contributed by atoms with Crippen molar-refractivity contribution in [2.45, 2.75) is 38.1 Å². The van der Waals surface area contributed by atoms with Gasteiger partial charge >= 0.3 is 5.69 Å². The van der Waals surface area contributed by atoms with Crippen LogP contribution in [0.15, 0.2) is 4.79 Å². The lowest BCUT2D eigenvalue weighted by molar-refractivity contribution is 0.282. The molecule has 1 aliphatic carbocycles. The number of aromatic nitrogens is 3. The Hall–Kier alpha value is -1.15. The van der Waals surface area contributed by atoms with Gasteiger partial charge in [0.1, 0.15) is 5.82 Å². The smallest absolute Gasteiger partial charge is 0.282 e. The molecule has 0 aliphatic heterocycles. The van der Waals surface area contributed by atoms with Crippen LogP contribution in [0.3, 0.4) is 0 Å². The summed E-state index contributed by atoms with van der Waals surface area (Å²) in [6.07, 6.45) is 5.74. The summed E-state index contributed by atoms with van der Waals surface area (Å²) in [7, 11) is 0.119. The summed E-state index contributed by atoms with van der Waals surface area (Å²) in [6.45, 7) is 0. The Morgan fingerprint density at radius 1 is 1.30 bits per heavy atom. The number of nitrogens with one attached hydrogen (secondary N) is 1. The molecule has 2 atom stereocenters. The van der Waals surface area contributed by atoms with Crippen molar-refractivity contribution < 1.29 is 8.42 Å². The number of hydrogen-bond acceptors (Lipinski definition) is 4. The van der Waals surface area contributed by atoms with E-state index in [4.69, 9.17) is 0 Å². The van der Waals surface area contributed by atoms with E-state index < -0.39 is 10.0 Å². The SMILES string of the molecule is Cn1nc(C[C@H]2CCCC[C@H]2NS(C)(=O)=O)n(C)c1=O. The lowest BCUT2D eigenvalue weighted by Crippen LogP contribution is -2.42. The second-order valence-corrected chi connectivity index (χ2v) is 7.41. The fourth-order valence-electron chi connectivity index (χ4n) is 2.90. The predicted molar refractivity (Wildman–Crippen MR) is 75.9 cm³/mol. The number of hydrogen-bond donors (Lipinski definition) is 1. The molecule has 1 heterocycles. The summed E-state index contributed by atoms with van der Waals surface area (Å²) < 4.78 is 28.4. The Morgan fingerprint density at radius 3 is 2.50 bits per heavy atom. The van der Waals surface area contributed by atoms with Crippen molar-refractivity contribution in [3.63, 3.8) is 0 Å². The summed E-state index contributed by atoms with van der Waals surface area (Å²) >= 11 is 0. The van der Waals surface area contributed by atoms with Crippen LogP contribution in [0.1, 0.15) is 31.5 Å². The van der Waals surface area contributed by atoms with Crippen molar-refractivity contribution in [1.82, 2.24) is 19.1 Å². The van der Waals surface area contributed by atoms with Gasteiger partial charge < -0.3 is 0 Å². The van der Waals surface area contributed by atoms with E-state index in [1.165, 1.54) is 15.5 Å². The first-order valence-electron chi connectivity index (χ1n) is 6.84. The lowest BCUT2D eigenvalue weighted by Gasteiger charge is -2.31. The highest BCUT2D eigenvalue weighted by molar-refractivity contribution is 7.88. The summed E-state index contributed by atoms with van der Waals surface area (Å²) in [5.74, 6) is 0.906. The molecule has 1 fully saturated rings. The van der Waals surface area contributed by atoms with Crippen molar-refractivity contribution in [2.24, 2.45) is 20.0 Å². The molecule has 20 heavy (non-hydrogen) atoms. The monoisotopic (exact) mass is 302 g/mol. The van der Waals surface area contributed by atoms with E-state index in [0.717, 1.165) is 25.7 Å². The van der Waals surface area contributed by atoms with Crippen LogP contribution in [0.2, 0.25) is 0 Å². The van der Waals surface area contributed by atoms with Crippen LogP contribution in [-0.2, 0) is 30.5 Å². The van der Waals surface area contributed by atoms with E-state index in [9.17, 15) is 13.2 Å². The molecule has 0 bridgehead atoms. The van der Waals surface area contributed by atoms with Gasteiger partial charge in [0.25, 0.3) is 0 Å². The molecule has 1 aromatic rings. The Bertz CT molecular complexity index is 632. The van der Waals surface area contributed by atoms with Gasteiger partial charge in [-0.3, -0.25) is 4.57 Å². The van der Waals surface area contributed by atoms with Crippen LogP contribution in [0.25, 0.3) is 0 Å². The van der Waals surface area contributed by atoms with Crippen molar-refractivity contribution in [3.8, 4) is 0 Å². The Morgan fingerprint density at radius 2 is 1.95 bits per heavy atom. The normalized spacial score (nSPS) is 23.9. The quantitative estimate of drug-likeness (QED) is 0.832. The molecule has 7 nitrogen and oxygen atoms in total. The van der Waals surface area contributed by atoms with Gasteiger partial charge in [-0.2, -0.15) is 5.10 Å². The van der Waals surface area contributed by atoms with Crippen molar-refractivity contribution in [1.29, 1.82) is 0 Å². The molecule has 1 aliphatic rings. The maximum atomic E-state index is 11.7. The molecule has 0 radical (unpaired) electrons. The molecule has 1 aromatic heterocycles. The fraction of sp³-hybridized carbons (Fsp3) is 0.833. The highest BCUT2D eigenvalue weighted by atomic mass is 32.2. The topological polar surface area (TPSA) is 86.0 Å². The van der Waals surface area contributed by atoms with Crippen LogP contribution in [0, 0.1) is 5.92 Å². The molecule has 8 heteroatoms. The van der Waals surface area contributed by atoms with Crippen molar-refractivity contribution in [3.05, 3.63) is 16.3 Å². The molecule has 0 aromatic carbocycles. The molecule has 0 saturated heterocycles. The van der Waals surface area contributed by atoms with Gasteiger partial charge in [0.05, 0.1) is 6.26 Å². The largest absolute Gasteiger partial charge is 0.345 e. The van der Waals surface area contributed by atoms with E-state index in [1.54, 1.807) is 14.1 Å². The van der Waals surface area contributed by atoms with Gasteiger partial charge in [0.2, 0.25) is 10.0 Å². The summed E-state index contributed by atoms with van der Waals surface area (Å²) in [6, 6.07) is -0.0594. The third-order valence-corrected chi connectivity index (χ3v) is 4.67. The average Bonchev–Trinajstić information content (AvgIpc) is 2.58.